The van der Waals surface area contributed by atoms with Gasteiger partial charge in [-0.3, -0.25) is 9.89 Å². The van der Waals surface area contributed by atoms with Crippen molar-refractivity contribution in [1.82, 2.24) is 20.2 Å². The highest BCUT2D eigenvalue weighted by atomic mass is 19.1. The highest BCUT2D eigenvalue weighted by Crippen LogP contribution is 2.29. The molecule has 0 aliphatic rings. The topological polar surface area (TPSA) is 102 Å². The van der Waals surface area contributed by atoms with E-state index in [1.54, 1.807) is 12.3 Å². The Hall–Kier alpha value is -4.47. The van der Waals surface area contributed by atoms with Gasteiger partial charge in [0.15, 0.2) is 0 Å². The second kappa shape index (κ2) is 9.05. The number of imidazole rings is 1. The first-order chi connectivity index (χ1) is 16.9. The molecule has 5 rings (SSSR count). The van der Waals surface area contributed by atoms with Gasteiger partial charge in [-0.05, 0) is 56.3 Å². The molecule has 178 valence electrons. The van der Waals surface area contributed by atoms with E-state index in [0.717, 1.165) is 34.8 Å². The largest absolute Gasteiger partial charge is 0.371 e. The number of H-pyrrole nitrogens is 2. The molecule has 5 aromatic rings. The molecule has 10 heteroatoms. The van der Waals surface area contributed by atoms with Gasteiger partial charge in [0.1, 0.15) is 11.6 Å². The zero-order valence-electron chi connectivity index (χ0n) is 19.1. The molecular weight excluding hydrogens is 452 g/mol. The smallest absolute Gasteiger partial charge is 0.257 e. The standard InChI is InChI=1S/C25H23F2N7O/c1-3-34(4-2)23-12-22-21(31-25(32-22)30-20-9-15(26)6-8-18(20)27)11-17(23)24(35)29-16-7-5-14-13-28-33-19(14)10-16/h5-13H,3-4H2,1-2H3,(H,28,33)(H,29,35)(H2,30,31,32). The van der Waals surface area contributed by atoms with E-state index in [2.05, 4.69) is 35.7 Å². The van der Waals surface area contributed by atoms with Crippen molar-refractivity contribution in [2.45, 2.75) is 13.8 Å². The van der Waals surface area contributed by atoms with Crippen LogP contribution in [-0.4, -0.2) is 39.2 Å². The lowest BCUT2D eigenvalue weighted by Crippen LogP contribution is -2.25. The van der Waals surface area contributed by atoms with Crippen LogP contribution < -0.4 is 15.5 Å². The number of benzene rings is 3. The zero-order valence-corrected chi connectivity index (χ0v) is 19.1. The zero-order chi connectivity index (χ0) is 24.5. The van der Waals surface area contributed by atoms with Crippen molar-refractivity contribution < 1.29 is 13.6 Å². The van der Waals surface area contributed by atoms with Crippen molar-refractivity contribution in [2.24, 2.45) is 0 Å². The Morgan fingerprint density at radius 3 is 2.66 bits per heavy atom. The number of anilines is 4. The van der Waals surface area contributed by atoms with Gasteiger partial charge in [0.05, 0.1) is 39.7 Å². The number of aromatic amines is 2. The molecular formula is C25H23F2N7O. The van der Waals surface area contributed by atoms with Crippen LogP contribution in [0.1, 0.15) is 24.2 Å². The molecule has 3 aromatic carbocycles. The molecule has 0 saturated carbocycles. The summed E-state index contributed by atoms with van der Waals surface area (Å²) in [6.45, 7) is 5.39. The van der Waals surface area contributed by atoms with Crippen LogP contribution in [0, 0.1) is 11.6 Å². The maximum absolute atomic E-state index is 14.1. The van der Waals surface area contributed by atoms with E-state index >= 15 is 0 Å². The first-order valence-corrected chi connectivity index (χ1v) is 11.2. The van der Waals surface area contributed by atoms with Crippen LogP contribution >= 0.6 is 0 Å². The molecule has 0 atom stereocenters. The van der Waals surface area contributed by atoms with E-state index in [4.69, 9.17) is 0 Å². The fourth-order valence-corrected chi connectivity index (χ4v) is 4.05. The van der Waals surface area contributed by atoms with Gasteiger partial charge in [-0.25, -0.2) is 13.8 Å². The Morgan fingerprint density at radius 2 is 1.86 bits per heavy atom. The van der Waals surface area contributed by atoms with Crippen molar-refractivity contribution in [3.63, 3.8) is 0 Å². The number of fused-ring (bicyclic) bond motifs is 2. The lowest BCUT2D eigenvalue weighted by molar-refractivity contribution is 0.102. The number of aromatic nitrogens is 4. The third-order valence-electron chi connectivity index (χ3n) is 5.83. The third kappa shape index (κ3) is 4.37. The highest BCUT2D eigenvalue weighted by molar-refractivity contribution is 6.11. The molecule has 8 nitrogen and oxygen atoms in total. The Morgan fingerprint density at radius 1 is 1.03 bits per heavy atom. The van der Waals surface area contributed by atoms with Crippen molar-refractivity contribution in [3.05, 3.63) is 71.9 Å². The second-order valence-corrected chi connectivity index (χ2v) is 8.02. The third-order valence-corrected chi connectivity index (χ3v) is 5.83. The van der Waals surface area contributed by atoms with Gasteiger partial charge in [-0.15, -0.1) is 0 Å². The molecule has 0 unspecified atom stereocenters. The normalized spacial score (nSPS) is 11.2. The fourth-order valence-electron chi connectivity index (χ4n) is 4.05. The molecule has 0 spiro atoms. The average Bonchev–Trinajstić information content (AvgIpc) is 3.47. The van der Waals surface area contributed by atoms with Gasteiger partial charge in [0.25, 0.3) is 5.91 Å². The lowest BCUT2D eigenvalue weighted by atomic mass is 10.1. The number of amides is 1. The molecule has 4 N–H and O–H groups in total. The number of halogens is 2. The summed E-state index contributed by atoms with van der Waals surface area (Å²) in [5.41, 5.74) is 3.74. The van der Waals surface area contributed by atoms with E-state index in [1.807, 2.05) is 38.1 Å². The molecule has 2 heterocycles. The summed E-state index contributed by atoms with van der Waals surface area (Å²) in [6, 6.07) is 12.2. The second-order valence-electron chi connectivity index (χ2n) is 8.02. The predicted octanol–water partition coefficient (Wildman–Crippen LogP) is 5.56. The van der Waals surface area contributed by atoms with Crippen LogP contribution in [0.25, 0.3) is 21.9 Å². The highest BCUT2D eigenvalue weighted by Gasteiger charge is 2.19. The summed E-state index contributed by atoms with van der Waals surface area (Å²) >= 11 is 0. The van der Waals surface area contributed by atoms with E-state index in [-0.39, 0.29) is 17.5 Å². The predicted molar refractivity (Wildman–Crippen MR) is 133 cm³/mol. The molecule has 0 radical (unpaired) electrons. The molecule has 35 heavy (non-hydrogen) atoms. The average molecular weight is 476 g/mol. The number of nitrogens with one attached hydrogen (secondary N) is 4. The Kier molecular flexibility index (Phi) is 5.77. The quantitative estimate of drug-likeness (QED) is 0.247. The van der Waals surface area contributed by atoms with E-state index in [1.165, 1.54) is 0 Å². The molecule has 0 fully saturated rings. The molecule has 0 aliphatic heterocycles. The Labute approximate surface area is 199 Å². The number of hydrogen-bond donors (Lipinski definition) is 4. The molecule has 2 aromatic heterocycles. The van der Waals surface area contributed by atoms with Gasteiger partial charge in [-0.2, -0.15) is 5.10 Å². The van der Waals surface area contributed by atoms with E-state index in [0.29, 0.717) is 35.4 Å². The molecule has 1 amide bonds. The summed E-state index contributed by atoms with van der Waals surface area (Å²) in [4.78, 5) is 22.9. The van der Waals surface area contributed by atoms with Crippen LogP contribution in [0.15, 0.2) is 54.7 Å². The number of carbonyl (C=O) groups is 1. The summed E-state index contributed by atoms with van der Waals surface area (Å²) in [5, 5.41) is 13.6. The van der Waals surface area contributed by atoms with Crippen LogP contribution in [0.3, 0.4) is 0 Å². The van der Waals surface area contributed by atoms with Crippen LogP contribution in [0.2, 0.25) is 0 Å². The molecule has 0 bridgehead atoms. The monoisotopic (exact) mass is 475 g/mol. The number of hydrogen-bond acceptors (Lipinski definition) is 5. The maximum Gasteiger partial charge on any atom is 0.257 e. The first-order valence-electron chi connectivity index (χ1n) is 11.2. The molecule has 0 aliphatic carbocycles. The minimum atomic E-state index is -0.606. The van der Waals surface area contributed by atoms with E-state index in [9.17, 15) is 13.6 Å². The SMILES string of the molecule is CCN(CC)c1cc2nc(Nc3cc(F)ccc3F)[nH]c2cc1C(=O)Nc1ccc2cn[nH]c2c1. The summed E-state index contributed by atoms with van der Waals surface area (Å²) < 4.78 is 27.7. The number of rotatable bonds is 7. The van der Waals surface area contributed by atoms with Crippen molar-refractivity contribution in [1.29, 1.82) is 0 Å². The summed E-state index contributed by atoms with van der Waals surface area (Å²) in [5.74, 6) is -1.23. The minimum absolute atomic E-state index is 0.0415. The van der Waals surface area contributed by atoms with Gasteiger partial charge in [-0.1, -0.05) is 0 Å². The number of carbonyl (C=O) groups excluding carboxylic acids is 1. The minimum Gasteiger partial charge on any atom is -0.371 e. The lowest BCUT2D eigenvalue weighted by Gasteiger charge is -2.23. The van der Waals surface area contributed by atoms with Crippen LogP contribution in [-0.2, 0) is 0 Å². The van der Waals surface area contributed by atoms with Gasteiger partial charge in [0.2, 0.25) is 5.95 Å². The fraction of sp³-hybridized carbons (Fsp3) is 0.160. The van der Waals surface area contributed by atoms with Gasteiger partial charge in [0, 0.05) is 30.2 Å². The Bertz CT molecular complexity index is 1540. The van der Waals surface area contributed by atoms with Gasteiger partial charge < -0.3 is 20.5 Å². The van der Waals surface area contributed by atoms with E-state index < -0.39 is 11.6 Å². The van der Waals surface area contributed by atoms with Crippen molar-refractivity contribution in [2.75, 3.05) is 28.6 Å². The maximum atomic E-state index is 14.1. The van der Waals surface area contributed by atoms with Crippen molar-refractivity contribution >= 4 is 50.9 Å². The summed E-state index contributed by atoms with van der Waals surface area (Å²) in [7, 11) is 0. The first kappa shape index (κ1) is 22.3. The molecule has 0 saturated heterocycles. The number of nitrogens with zero attached hydrogens (tertiary/aromatic N) is 3. The van der Waals surface area contributed by atoms with Crippen molar-refractivity contribution in [3.8, 4) is 0 Å². The Balaban J connectivity index is 1.52. The van der Waals surface area contributed by atoms with Gasteiger partial charge >= 0.3 is 0 Å². The van der Waals surface area contributed by atoms with Crippen LogP contribution in [0.4, 0.5) is 31.8 Å². The van der Waals surface area contributed by atoms with Crippen LogP contribution in [0.5, 0.6) is 0 Å². The summed E-state index contributed by atoms with van der Waals surface area (Å²) in [6.07, 6.45) is 1.72.